The molecule has 1 amide bonds. The van der Waals surface area contributed by atoms with Gasteiger partial charge >= 0.3 is 0 Å². The molecule has 1 aliphatic rings. The number of hydrogen-bond donors (Lipinski definition) is 2. The van der Waals surface area contributed by atoms with Crippen molar-refractivity contribution in [2.75, 3.05) is 4.72 Å². The van der Waals surface area contributed by atoms with Gasteiger partial charge in [-0.15, -0.1) is 0 Å². The van der Waals surface area contributed by atoms with Crippen LogP contribution in [0.1, 0.15) is 47.8 Å². The minimum Gasteiger partial charge on any atom is -0.340 e. The Morgan fingerprint density at radius 2 is 1.80 bits per heavy atom. The third-order valence-electron chi connectivity index (χ3n) is 5.20. The third kappa shape index (κ3) is 4.06. The zero-order valence-electron chi connectivity index (χ0n) is 16.5. The molecule has 1 aliphatic carbocycles. The normalized spacial score (nSPS) is 15.6. The van der Waals surface area contributed by atoms with E-state index in [1.54, 1.807) is 43.3 Å². The first-order valence-corrected chi connectivity index (χ1v) is 11.2. The van der Waals surface area contributed by atoms with Crippen LogP contribution in [0.25, 0.3) is 0 Å². The molecule has 2 aromatic carbocycles. The van der Waals surface area contributed by atoms with Crippen molar-refractivity contribution in [3.63, 3.8) is 0 Å². The summed E-state index contributed by atoms with van der Waals surface area (Å²) in [4.78, 5) is 17.5. The number of sulfonamides is 1. The quantitative estimate of drug-likeness (QED) is 0.625. The van der Waals surface area contributed by atoms with Gasteiger partial charge in [-0.25, -0.2) is 8.42 Å². The van der Waals surface area contributed by atoms with E-state index in [4.69, 9.17) is 4.52 Å². The molecule has 2 N–H and O–H groups in total. The Balaban J connectivity index is 1.55. The van der Waals surface area contributed by atoms with Crippen LogP contribution in [0.15, 0.2) is 64.0 Å². The summed E-state index contributed by atoms with van der Waals surface area (Å²) in [6.07, 6.45) is 3.34. The molecule has 30 heavy (non-hydrogen) atoms. The summed E-state index contributed by atoms with van der Waals surface area (Å²) in [5, 5.41) is 7.08. The number of nitrogens with one attached hydrogen (secondary N) is 2. The SMILES string of the molecule is Cc1nc(C2(NC(=O)c3cccc(NS(=O)(=O)c4ccccc4)c3)CCCC2)no1. The maximum absolute atomic E-state index is 13.0. The molecule has 1 aromatic heterocycles. The molecule has 0 radical (unpaired) electrons. The fourth-order valence-electron chi connectivity index (χ4n) is 3.70. The zero-order chi connectivity index (χ0) is 21.2. The smallest absolute Gasteiger partial charge is 0.261 e. The minimum atomic E-state index is -3.74. The number of nitrogens with zero attached hydrogens (tertiary/aromatic N) is 2. The summed E-state index contributed by atoms with van der Waals surface area (Å²) in [7, 11) is -3.74. The summed E-state index contributed by atoms with van der Waals surface area (Å²) in [5.74, 6) is 0.606. The fraction of sp³-hybridized carbons (Fsp3) is 0.286. The van der Waals surface area contributed by atoms with E-state index in [1.807, 2.05) is 0 Å². The van der Waals surface area contributed by atoms with Gasteiger partial charge in [0.05, 0.1) is 4.90 Å². The Morgan fingerprint density at radius 3 is 2.47 bits per heavy atom. The van der Waals surface area contributed by atoms with Crippen LogP contribution in [0.5, 0.6) is 0 Å². The molecule has 0 unspecified atom stereocenters. The van der Waals surface area contributed by atoms with Gasteiger partial charge < -0.3 is 9.84 Å². The maximum atomic E-state index is 13.0. The summed E-state index contributed by atoms with van der Waals surface area (Å²) < 4.78 is 32.8. The van der Waals surface area contributed by atoms with Crippen LogP contribution < -0.4 is 10.0 Å². The van der Waals surface area contributed by atoms with Crippen LogP contribution in [0.2, 0.25) is 0 Å². The second-order valence-corrected chi connectivity index (χ2v) is 9.06. The topological polar surface area (TPSA) is 114 Å². The number of carbonyl (C=O) groups is 1. The predicted octanol–water partition coefficient (Wildman–Crippen LogP) is 3.38. The Labute approximate surface area is 174 Å². The summed E-state index contributed by atoms with van der Waals surface area (Å²) in [5.41, 5.74) is -0.0221. The van der Waals surface area contributed by atoms with Crippen LogP contribution in [0, 0.1) is 6.92 Å². The number of rotatable bonds is 6. The number of benzene rings is 2. The van der Waals surface area contributed by atoms with Crippen molar-refractivity contribution in [2.45, 2.75) is 43.0 Å². The Bertz CT molecular complexity index is 1150. The van der Waals surface area contributed by atoms with E-state index >= 15 is 0 Å². The van der Waals surface area contributed by atoms with Gasteiger partial charge in [0.1, 0.15) is 5.54 Å². The molecule has 0 aliphatic heterocycles. The van der Waals surface area contributed by atoms with E-state index in [1.165, 1.54) is 18.2 Å². The highest BCUT2D eigenvalue weighted by Gasteiger charge is 2.41. The Kier molecular flexibility index (Phi) is 5.29. The number of aromatic nitrogens is 2. The van der Waals surface area contributed by atoms with Crippen molar-refractivity contribution in [1.82, 2.24) is 15.5 Å². The molecule has 0 atom stereocenters. The number of carbonyl (C=O) groups excluding carboxylic acids is 1. The molecule has 9 heteroatoms. The number of aryl methyl sites for hydroxylation is 1. The summed E-state index contributed by atoms with van der Waals surface area (Å²) in [6, 6.07) is 14.5. The molecular formula is C21H22N4O4S. The zero-order valence-corrected chi connectivity index (χ0v) is 17.3. The van der Waals surface area contributed by atoms with Crippen LogP contribution in [-0.2, 0) is 15.6 Å². The first-order chi connectivity index (χ1) is 14.4. The number of hydrogen-bond acceptors (Lipinski definition) is 6. The summed E-state index contributed by atoms with van der Waals surface area (Å²) in [6.45, 7) is 1.71. The van der Waals surface area contributed by atoms with E-state index in [0.717, 1.165) is 25.7 Å². The monoisotopic (exact) mass is 426 g/mol. The van der Waals surface area contributed by atoms with Crippen LogP contribution >= 0.6 is 0 Å². The maximum Gasteiger partial charge on any atom is 0.261 e. The van der Waals surface area contributed by atoms with Gasteiger partial charge in [-0.05, 0) is 43.2 Å². The number of anilines is 1. The molecular weight excluding hydrogens is 404 g/mol. The molecule has 0 bridgehead atoms. The van der Waals surface area contributed by atoms with Crippen LogP contribution in [-0.4, -0.2) is 24.5 Å². The Morgan fingerprint density at radius 1 is 1.07 bits per heavy atom. The number of amides is 1. The van der Waals surface area contributed by atoms with Gasteiger partial charge in [0.15, 0.2) is 5.82 Å². The summed E-state index contributed by atoms with van der Waals surface area (Å²) >= 11 is 0. The van der Waals surface area contributed by atoms with E-state index in [-0.39, 0.29) is 10.8 Å². The van der Waals surface area contributed by atoms with Crippen molar-refractivity contribution in [1.29, 1.82) is 0 Å². The molecule has 3 aromatic rings. The third-order valence-corrected chi connectivity index (χ3v) is 6.59. The molecule has 156 valence electrons. The van der Waals surface area contributed by atoms with E-state index in [2.05, 4.69) is 20.2 Å². The van der Waals surface area contributed by atoms with Crippen LogP contribution in [0.4, 0.5) is 5.69 Å². The van der Waals surface area contributed by atoms with Gasteiger partial charge in [0.25, 0.3) is 15.9 Å². The predicted molar refractivity (Wildman–Crippen MR) is 110 cm³/mol. The van der Waals surface area contributed by atoms with Crippen molar-refractivity contribution >= 4 is 21.6 Å². The van der Waals surface area contributed by atoms with Crippen LogP contribution in [0.3, 0.4) is 0 Å². The highest BCUT2D eigenvalue weighted by Crippen LogP contribution is 2.37. The highest BCUT2D eigenvalue weighted by atomic mass is 32.2. The molecule has 1 fully saturated rings. The molecule has 1 heterocycles. The Hall–Kier alpha value is -3.20. The van der Waals surface area contributed by atoms with Gasteiger partial charge in [-0.2, -0.15) is 4.98 Å². The average Bonchev–Trinajstić information content (AvgIpc) is 3.38. The van der Waals surface area contributed by atoms with E-state index in [9.17, 15) is 13.2 Å². The molecule has 0 saturated heterocycles. The second-order valence-electron chi connectivity index (χ2n) is 7.38. The van der Waals surface area contributed by atoms with Gasteiger partial charge in [-0.1, -0.05) is 42.3 Å². The lowest BCUT2D eigenvalue weighted by molar-refractivity contribution is 0.0892. The van der Waals surface area contributed by atoms with Crippen molar-refractivity contribution < 1.29 is 17.7 Å². The lowest BCUT2D eigenvalue weighted by atomic mass is 9.96. The van der Waals surface area contributed by atoms with Crippen molar-refractivity contribution in [3.05, 3.63) is 71.9 Å². The molecule has 4 rings (SSSR count). The molecule has 8 nitrogen and oxygen atoms in total. The molecule has 0 spiro atoms. The fourth-order valence-corrected chi connectivity index (χ4v) is 4.77. The van der Waals surface area contributed by atoms with Gasteiger partial charge in [0.2, 0.25) is 5.89 Å². The lowest BCUT2D eigenvalue weighted by Gasteiger charge is -2.26. The van der Waals surface area contributed by atoms with E-state index in [0.29, 0.717) is 23.0 Å². The molecule has 1 saturated carbocycles. The van der Waals surface area contributed by atoms with E-state index < -0.39 is 15.6 Å². The highest BCUT2D eigenvalue weighted by molar-refractivity contribution is 7.92. The van der Waals surface area contributed by atoms with Gasteiger partial charge in [-0.3, -0.25) is 9.52 Å². The van der Waals surface area contributed by atoms with Crippen molar-refractivity contribution in [2.24, 2.45) is 0 Å². The standard InChI is InChI=1S/C21H22N4O4S/c1-15-22-20(24-29-15)21(12-5-6-13-21)23-19(26)16-8-7-9-17(14-16)25-30(27,28)18-10-3-2-4-11-18/h2-4,7-11,14,25H,5-6,12-13H2,1H3,(H,23,26). The van der Waals surface area contributed by atoms with Gasteiger partial charge in [0, 0.05) is 18.2 Å². The average molecular weight is 426 g/mol. The lowest BCUT2D eigenvalue weighted by Crippen LogP contribution is -2.44. The first-order valence-electron chi connectivity index (χ1n) is 9.69. The van der Waals surface area contributed by atoms with Crippen molar-refractivity contribution in [3.8, 4) is 0 Å². The minimum absolute atomic E-state index is 0.150. The first kappa shape index (κ1) is 20.1. The second kappa shape index (κ2) is 7.91. The largest absolute Gasteiger partial charge is 0.340 e.